The topological polar surface area (TPSA) is 120 Å². The second kappa shape index (κ2) is 7.10. The Bertz CT molecular complexity index is 879. The third-order valence-electron chi connectivity index (χ3n) is 3.79. The molecular formula is C17H17N5O3. The van der Waals surface area contributed by atoms with E-state index in [1.165, 1.54) is 19.2 Å². The van der Waals surface area contributed by atoms with Gasteiger partial charge in [-0.25, -0.2) is 4.98 Å². The van der Waals surface area contributed by atoms with Gasteiger partial charge in [0.1, 0.15) is 5.82 Å². The highest BCUT2D eigenvalue weighted by Gasteiger charge is 2.19. The molecule has 1 unspecified atom stereocenters. The molecule has 0 bridgehead atoms. The van der Waals surface area contributed by atoms with Crippen LogP contribution in [0.3, 0.4) is 0 Å². The Labute approximate surface area is 143 Å². The van der Waals surface area contributed by atoms with E-state index in [-0.39, 0.29) is 17.5 Å². The molecule has 128 valence electrons. The van der Waals surface area contributed by atoms with Gasteiger partial charge in [0.25, 0.3) is 0 Å². The molecule has 3 rings (SSSR count). The Kier molecular flexibility index (Phi) is 4.71. The minimum Gasteiger partial charge on any atom is -0.490 e. The highest BCUT2D eigenvalue weighted by molar-refractivity contribution is 5.63. The van der Waals surface area contributed by atoms with E-state index in [0.29, 0.717) is 23.6 Å². The van der Waals surface area contributed by atoms with Crippen molar-refractivity contribution in [3.05, 3.63) is 70.0 Å². The second-order valence-corrected chi connectivity index (χ2v) is 5.48. The number of rotatable bonds is 6. The van der Waals surface area contributed by atoms with Crippen LogP contribution in [0.1, 0.15) is 17.4 Å². The van der Waals surface area contributed by atoms with Crippen molar-refractivity contribution < 1.29 is 9.66 Å². The summed E-state index contributed by atoms with van der Waals surface area (Å²) in [6, 6.07) is 14.0. The summed E-state index contributed by atoms with van der Waals surface area (Å²) in [6.45, 7) is 0. The van der Waals surface area contributed by atoms with Gasteiger partial charge >= 0.3 is 5.69 Å². The van der Waals surface area contributed by atoms with Gasteiger partial charge in [0.2, 0.25) is 0 Å². The van der Waals surface area contributed by atoms with Crippen LogP contribution < -0.4 is 10.5 Å². The first-order valence-electron chi connectivity index (χ1n) is 7.63. The molecule has 1 heterocycles. The summed E-state index contributed by atoms with van der Waals surface area (Å²) in [4.78, 5) is 15.0. The van der Waals surface area contributed by atoms with Gasteiger partial charge in [-0.15, -0.1) is 0 Å². The van der Waals surface area contributed by atoms with Crippen LogP contribution in [0.15, 0.2) is 48.5 Å². The van der Waals surface area contributed by atoms with Crippen molar-refractivity contribution in [3.8, 4) is 17.1 Å². The number of nitrogens with two attached hydrogens (primary N) is 1. The van der Waals surface area contributed by atoms with Crippen LogP contribution in [0.5, 0.6) is 5.75 Å². The average molecular weight is 339 g/mol. The Morgan fingerprint density at radius 2 is 2.04 bits per heavy atom. The average Bonchev–Trinajstić information content (AvgIpc) is 3.12. The van der Waals surface area contributed by atoms with Crippen LogP contribution in [0, 0.1) is 10.1 Å². The van der Waals surface area contributed by atoms with E-state index >= 15 is 0 Å². The highest BCUT2D eigenvalue weighted by atomic mass is 16.6. The number of H-pyrrole nitrogens is 1. The lowest BCUT2D eigenvalue weighted by atomic mass is 10.1. The number of ether oxygens (including phenoxy) is 1. The summed E-state index contributed by atoms with van der Waals surface area (Å²) in [5.41, 5.74) is 7.65. The molecule has 0 aliphatic heterocycles. The van der Waals surface area contributed by atoms with Gasteiger partial charge in [-0.05, 0) is 24.1 Å². The molecule has 1 aromatic heterocycles. The van der Waals surface area contributed by atoms with E-state index in [4.69, 9.17) is 10.5 Å². The number of aromatic amines is 1. The van der Waals surface area contributed by atoms with Crippen molar-refractivity contribution in [3.63, 3.8) is 0 Å². The Balaban J connectivity index is 1.84. The molecular weight excluding hydrogens is 322 g/mol. The SMILES string of the molecule is COc1ccc(-c2n[nH]c(C(N)Cc3ccccc3)n2)cc1[N+](=O)[O-]. The normalized spacial score (nSPS) is 11.9. The number of nitrogens with zero attached hydrogens (tertiary/aromatic N) is 3. The molecule has 0 amide bonds. The van der Waals surface area contributed by atoms with Crippen LogP contribution >= 0.6 is 0 Å². The van der Waals surface area contributed by atoms with Crippen molar-refractivity contribution in [1.29, 1.82) is 0 Å². The molecule has 3 N–H and O–H groups in total. The number of hydrogen-bond donors (Lipinski definition) is 2. The monoisotopic (exact) mass is 339 g/mol. The highest BCUT2D eigenvalue weighted by Crippen LogP contribution is 2.31. The number of methoxy groups -OCH3 is 1. The van der Waals surface area contributed by atoms with Gasteiger partial charge in [-0.3, -0.25) is 15.2 Å². The van der Waals surface area contributed by atoms with Crippen molar-refractivity contribution in [2.75, 3.05) is 7.11 Å². The fourth-order valence-corrected chi connectivity index (χ4v) is 2.51. The van der Waals surface area contributed by atoms with E-state index in [1.807, 2.05) is 30.3 Å². The van der Waals surface area contributed by atoms with Crippen LogP contribution in [0.25, 0.3) is 11.4 Å². The lowest BCUT2D eigenvalue weighted by molar-refractivity contribution is -0.385. The summed E-state index contributed by atoms with van der Waals surface area (Å²) in [6.07, 6.45) is 0.609. The standard InChI is InChI=1S/C17H17N5O3/c1-25-15-8-7-12(10-14(15)22(23)24)16-19-17(21-20-16)13(18)9-11-5-3-2-4-6-11/h2-8,10,13H,9,18H2,1H3,(H,19,20,21). The molecule has 0 spiro atoms. The molecule has 0 fully saturated rings. The summed E-state index contributed by atoms with van der Waals surface area (Å²) in [5.74, 6) is 1.06. The molecule has 2 aromatic carbocycles. The third-order valence-corrected chi connectivity index (χ3v) is 3.79. The van der Waals surface area contributed by atoms with Gasteiger partial charge in [0, 0.05) is 11.6 Å². The zero-order chi connectivity index (χ0) is 17.8. The van der Waals surface area contributed by atoms with Crippen molar-refractivity contribution >= 4 is 5.69 Å². The van der Waals surface area contributed by atoms with Crippen LogP contribution in [-0.4, -0.2) is 27.2 Å². The van der Waals surface area contributed by atoms with E-state index in [1.54, 1.807) is 6.07 Å². The number of nitro benzene ring substituents is 1. The van der Waals surface area contributed by atoms with Gasteiger partial charge in [-0.1, -0.05) is 30.3 Å². The molecule has 8 nitrogen and oxygen atoms in total. The van der Waals surface area contributed by atoms with E-state index in [0.717, 1.165) is 5.56 Å². The second-order valence-electron chi connectivity index (χ2n) is 5.48. The predicted octanol–water partition coefficient (Wildman–Crippen LogP) is 2.63. The third kappa shape index (κ3) is 3.64. The first kappa shape index (κ1) is 16.6. The molecule has 3 aromatic rings. The number of hydrogen-bond acceptors (Lipinski definition) is 6. The zero-order valence-corrected chi connectivity index (χ0v) is 13.5. The van der Waals surface area contributed by atoms with Gasteiger partial charge in [-0.2, -0.15) is 5.10 Å². The lowest BCUT2D eigenvalue weighted by Crippen LogP contribution is -2.15. The minimum atomic E-state index is -0.503. The number of benzene rings is 2. The maximum atomic E-state index is 11.1. The Morgan fingerprint density at radius 1 is 1.28 bits per heavy atom. The predicted molar refractivity (Wildman–Crippen MR) is 92.1 cm³/mol. The van der Waals surface area contributed by atoms with E-state index < -0.39 is 4.92 Å². The van der Waals surface area contributed by atoms with Crippen molar-refractivity contribution in [1.82, 2.24) is 15.2 Å². The van der Waals surface area contributed by atoms with Gasteiger partial charge in [0.05, 0.1) is 18.1 Å². The molecule has 0 aliphatic rings. The molecule has 25 heavy (non-hydrogen) atoms. The zero-order valence-electron chi connectivity index (χ0n) is 13.5. The molecule has 0 saturated carbocycles. The number of nitro groups is 1. The Morgan fingerprint density at radius 3 is 2.72 bits per heavy atom. The van der Waals surface area contributed by atoms with Gasteiger partial charge < -0.3 is 10.5 Å². The molecule has 1 atom stereocenters. The van der Waals surface area contributed by atoms with Crippen LogP contribution in [-0.2, 0) is 6.42 Å². The summed E-state index contributed by atoms with van der Waals surface area (Å²) in [5, 5.41) is 18.1. The number of aromatic nitrogens is 3. The lowest BCUT2D eigenvalue weighted by Gasteiger charge is -2.07. The first-order valence-corrected chi connectivity index (χ1v) is 7.63. The maximum absolute atomic E-state index is 11.1. The Hall–Kier alpha value is -3.26. The van der Waals surface area contributed by atoms with Gasteiger partial charge in [0.15, 0.2) is 11.6 Å². The molecule has 0 radical (unpaired) electrons. The summed E-state index contributed by atoms with van der Waals surface area (Å²) >= 11 is 0. The molecule has 8 heteroatoms. The summed E-state index contributed by atoms with van der Waals surface area (Å²) in [7, 11) is 1.38. The number of nitrogens with one attached hydrogen (secondary N) is 1. The van der Waals surface area contributed by atoms with Crippen LogP contribution in [0.2, 0.25) is 0 Å². The first-order chi connectivity index (χ1) is 12.1. The minimum absolute atomic E-state index is 0.139. The fraction of sp³-hybridized carbons (Fsp3) is 0.176. The quantitative estimate of drug-likeness (QED) is 0.526. The smallest absolute Gasteiger partial charge is 0.311 e. The molecule has 0 aliphatic carbocycles. The fourth-order valence-electron chi connectivity index (χ4n) is 2.51. The summed E-state index contributed by atoms with van der Waals surface area (Å²) < 4.78 is 5.00. The van der Waals surface area contributed by atoms with Crippen LogP contribution in [0.4, 0.5) is 5.69 Å². The van der Waals surface area contributed by atoms with E-state index in [9.17, 15) is 10.1 Å². The largest absolute Gasteiger partial charge is 0.490 e. The maximum Gasteiger partial charge on any atom is 0.311 e. The van der Waals surface area contributed by atoms with Crippen molar-refractivity contribution in [2.24, 2.45) is 5.73 Å². The molecule has 0 saturated heterocycles. The van der Waals surface area contributed by atoms with E-state index in [2.05, 4.69) is 15.2 Å². The van der Waals surface area contributed by atoms with Crippen molar-refractivity contribution in [2.45, 2.75) is 12.5 Å².